The van der Waals surface area contributed by atoms with Gasteiger partial charge in [0, 0.05) is 36.8 Å². The minimum atomic E-state index is -4.37. The summed E-state index contributed by atoms with van der Waals surface area (Å²) in [5.74, 6) is 0.895. The van der Waals surface area contributed by atoms with Crippen LogP contribution in [0.15, 0.2) is 36.8 Å². The highest BCUT2D eigenvalue weighted by molar-refractivity contribution is 5.91. The normalized spacial score (nSPS) is 11.8. The summed E-state index contributed by atoms with van der Waals surface area (Å²) in [5, 5.41) is 11.8. The Labute approximate surface area is 136 Å². The Kier molecular flexibility index (Phi) is 4.37. The molecule has 3 rings (SSSR count). The second-order valence-electron chi connectivity index (χ2n) is 5.31. The lowest BCUT2D eigenvalue weighted by Gasteiger charge is -2.12. The molecule has 0 saturated heterocycles. The number of nitrogens with zero attached hydrogens (tertiary/aromatic N) is 4. The molecule has 0 aliphatic heterocycles. The Morgan fingerprint density at radius 3 is 2.79 bits per heavy atom. The van der Waals surface area contributed by atoms with Crippen LogP contribution in [0.3, 0.4) is 0 Å². The van der Waals surface area contributed by atoms with Crippen molar-refractivity contribution in [2.75, 3.05) is 11.9 Å². The number of anilines is 1. The number of hydrogen-bond acceptors (Lipinski definition) is 4. The van der Waals surface area contributed by atoms with E-state index in [-0.39, 0.29) is 0 Å². The third-order valence-electron chi connectivity index (χ3n) is 3.75. The van der Waals surface area contributed by atoms with Crippen molar-refractivity contribution >= 4 is 16.6 Å². The van der Waals surface area contributed by atoms with Gasteiger partial charge in [0.2, 0.25) is 0 Å². The number of rotatable bonds is 5. The number of hydrogen-bond donors (Lipinski definition) is 1. The molecule has 0 radical (unpaired) electrons. The smallest absolute Gasteiger partial charge is 0.383 e. The number of nitrogens with one attached hydrogen (secondary N) is 1. The molecule has 8 heteroatoms. The van der Waals surface area contributed by atoms with Crippen molar-refractivity contribution in [2.45, 2.75) is 26.1 Å². The van der Waals surface area contributed by atoms with Gasteiger partial charge in [0.1, 0.15) is 12.2 Å². The molecule has 5 nitrogen and oxygen atoms in total. The van der Waals surface area contributed by atoms with Gasteiger partial charge in [-0.1, -0.05) is 13.0 Å². The monoisotopic (exact) mass is 335 g/mol. The first kappa shape index (κ1) is 16.2. The van der Waals surface area contributed by atoms with Crippen molar-refractivity contribution in [1.82, 2.24) is 19.7 Å². The van der Waals surface area contributed by atoms with Gasteiger partial charge < -0.3 is 9.88 Å². The molecule has 0 spiro atoms. The molecule has 0 aliphatic carbocycles. The van der Waals surface area contributed by atoms with Crippen molar-refractivity contribution in [3.05, 3.63) is 48.2 Å². The summed E-state index contributed by atoms with van der Waals surface area (Å²) in [7, 11) is 0. The van der Waals surface area contributed by atoms with E-state index in [2.05, 4.69) is 20.5 Å². The highest BCUT2D eigenvalue weighted by Gasteiger charge is 2.30. The maximum atomic E-state index is 12.8. The third-order valence-corrected chi connectivity index (χ3v) is 3.75. The molecule has 0 fully saturated rings. The van der Waals surface area contributed by atoms with E-state index in [0.717, 1.165) is 30.1 Å². The average Bonchev–Trinajstić information content (AvgIpc) is 3.01. The van der Waals surface area contributed by atoms with Gasteiger partial charge in [-0.15, -0.1) is 10.2 Å². The summed E-state index contributed by atoms with van der Waals surface area (Å²) in [6.07, 6.45) is -0.412. The topological polar surface area (TPSA) is 55.6 Å². The summed E-state index contributed by atoms with van der Waals surface area (Å²) in [6, 6.07) is 5.34. The van der Waals surface area contributed by atoms with Crippen molar-refractivity contribution in [1.29, 1.82) is 0 Å². The van der Waals surface area contributed by atoms with E-state index in [1.54, 1.807) is 12.4 Å². The molecule has 0 amide bonds. The first-order valence-corrected chi connectivity index (χ1v) is 7.55. The highest BCUT2D eigenvalue weighted by Crippen LogP contribution is 2.32. The molecule has 0 atom stereocenters. The van der Waals surface area contributed by atoms with Crippen molar-refractivity contribution in [3.63, 3.8) is 0 Å². The van der Waals surface area contributed by atoms with Crippen molar-refractivity contribution in [3.8, 4) is 0 Å². The maximum absolute atomic E-state index is 12.8. The van der Waals surface area contributed by atoms with Gasteiger partial charge in [0.25, 0.3) is 0 Å². The van der Waals surface area contributed by atoms with E-state index >= 15 is 0 Å². The Morgan fingerprint density at radius 2 is 2.04 bits per heavy atom. The summed E-state index contributed by atoms with van der Waals surface area (Å²) in [5.41, 5.74) is 0.366. The number of aryl methyl sites for hydroxylation is 1. The van der Waals surface area contributed by atoms with E-state index in [1.165, 1.54) is 12.3 Å². The lowest BCUT2D eigenvalue weighted by Crippen LogP contribution is -2.12. The van der Waals surface area contributed by atoms with E-state index in [1.807, 2.05) is 11.5 Å². The molecule has 0 saturated carbocycles. The van der Waals surface area contributed by atoms with Gasteiger partial charge in [-0.25, -0.2) is 0 Å². The van der Waals surface area contributed by atoms with Crippen molar-refractivity contribution in [2.24, 2.45) is 0 Å². The van der Waals surface area contributed by atoms with Gasteiger partial charge >= 0.3 is 6.18 Å². The van der Waals surface area contributed by atoms with Crippen LogP contribution in [0.1, 0.15) is 18.3 Å². The fourth-order valence-corrected chi connectivity index (χ4v) is 2.53. The molecule has 3 aromatic rings. The van der Waals surface area contributed by atoms with E-state index in [0.29, 0.717) is 24.0 Å². The van der Waals surface area contributed by atoms with Crippen LogP contribution in [-0.2, 0) is 19.1 Å². The van der Waals surface area contributed by atoms with Gasteiger partial charge in [0.15, 0.2) is 0 Å². The quantitative estimate of drug-likeness (QED) is 0.775. The maximum Gasteiger partial charge on any atom is 0.416 e. The summed E-state index contributed by atoms with van der Waals surface area (Å²) >= 11 is 0. The molecule has 126 valence electrons. The van der Waals surface area contributed by atoms with Crippen LogP contribution in [0.4, 0.5) is 18.9 Å². The van der Waals surface area contributed by atoms with Crippen LogP contribution in [0.25, 0.3) is 10.9 Å². The molecule has 1 N–H and O–H groups in total. The second-order valence-corrected chi connectivity index (χ2v) is 5.31. The molecule has 1 aromatic carbocycles. The van der Waals surface area contributed by atoms with E-state index in [4.69, 9.17) is 0 Å². The number of benzene rings is 1. The standard InChI is InChI=1S/C16H16F3N5/c1-2-15-23-22-10-24(15)8-7-21-13-5-6-20-14-9-11(16(17,18)19)3-4-12(13)14/h3-6,9-10H,2,7-8H2,1H3,(H,20,21). The second kappa shape index (κ2) is 6.46. The summed E-state index contributed by atoms with van der Waals surface area (Å²) in [6.45, 7) is 3.27. The third kappa shape index (κ3) is 3.32. The zero-order chi connectivity index (χ0) is 17.2. The van der Waals surface area contributed by atoms with Crippen molar-refractivity contribution < 1.29 is 13.2 Å². The Bertz CT molecular complexity index is 841. The molecular weight excluding hydrogens is 319 g/mol. The fraction of sp³-hybridized carbons (Fsp3) is 0.312. The lowest BCUT2D eigenvalue weighted by molar-refractivity contribution is -0.137. The molecular formula is C16H16F3N5. The van der Waals surface area contributed by atoms with Gasteiger partial charge in [-0.05, 0) is 18.2 Å². The lowest BCUT2D eigenvalue weighted by atomic mass is 10.1. The first-order chi connectivity index (χ1) is 11.5. The molecule has 24 heavy (non-hydrogen) atoms. The zero-order valence-corrected chi connectivity index (χ0v) is 13.0. The SMILES string of the molecule is CCc1nncn1CCNc1ccnc2cc(C(F)(F)F)ccc12. The number of pyridine rings is 1. The Morgan fingerprint density at radius 1 is 1.21 bits per heavy atom. The predicted molar refractivity (Wildman–Crippen MR) is 84.6 cm³/mol. The largest absolute Gasteiger partial charge is 0.416 e. The van der Waals surface area contributed by atoms with Crippen LogP contribution in [0.5, 0.6) is 0 Å². The first-order valence-electron chi connectivity index (χ1n) is 7.55. The molecule has 2 aromatic heterocycles. The average molecular weight is 335 g/mol. The Hall–Kier alpha value is -2.64. The predicted octanol–water partition coefficient (Wildman–Crippen LogP) is 3.52. The molecule has 0 aliphatic rings. The molecule has 0 unspecified atom stereocenters. The van der Waals surface area contributed by atoms with Crippen LogP contribution in [0, 0.1) is 0 Å². The number of halogens is 3. The van der Waals surface area contributed by atoms with Gasteiger partial charge in [0.05, 0.1) is 11.1 Å². The van der Waals surface area contributed by atoms with Crippen LogP contribution in [0.2, 0.25) is 0 Å². The van der Waals surface area contributed by atoms with E-state index < -0.39 is 11.7 Å². The summed E-state index contributed by atoms with van der Waals surface area (Å²) < 4.78 is 40.3. The number of aromatic nitrogens is 4. The molecule has 2 heterocycles. The minimum Gasteiger partial charge on any atom is -0.383 e. The van der Waals surface area contributed by atoms with Crippen LogP contribution >= 0.6 is 0 Å². The van der Waals surface area contributed by atoms with Gasteiger partial charge in [-0.3, -0.25) is 4.98 Å². The van der Waals surface area contributed by atoms with Crippen LogP contribution < -0.4 is 5.32 Å². The van der Waals surface area contributed by atoms with Gasteiger partial charge in [-0.2, -0.15) is 13.2 Å². The highest BCUT2D eigenvalue weighted by atomic mass is 19.4. The minimum absolute atomic E-state index is 0.313. The summed E-state index contributed by atoms with van der Waals surface area (Å²) in [4.78, 5) is 4.04. The zero-order valence-electron chi connectivity index (χ0n) is 13.0. The fourth-order valence-electron chi connectivity index (χ4n) is 2.53. The van der Waals surface area contributed by atoms with Crippen LogP contribution in [-0.4, -0.2) is 26.3 Å². The molecule has 0 bridgehead atoms. The number of fused-ring (bicyclic) bond motifs is 1. The Balaban J connectivity index is 1.77. The van der Waals surface area contributed by atoms with E-state index in [9.17, 15) is 13.2 Å². The number of alkyl halides is 3.